The summed E-state index contributed by atoms with van der Waals surface area (Å²) in [5, 5.41) is 11.1. The average Bonchev–Trinajstić information content (AvgIpc) is 2.49. The van der Waals surface area contributed by atoms with Gasteiger partial charge in [0, 0.05) is 13.1 Å². The van der Waals surface area contributed by atoms with Gasteiger partial charge < -0.3 is 15.2 Å². The van der Waals surface area contributed by atoms with E-state index in [9.17, 15) is 13.2 Å². The van der Waals surface area contributed by atoms with Crippen LogP contribution in [-0.4, -0.2) is 45.7 Å². The number of hydrogen-bond acceptors (Lipinski definition) is 5. The van der Waals surface area contributed by atoms with Gasteiger partial charge in [0.2, 0.25) is 10.0 Å². The van der Waals surface area contributed by atoms with Crippen LogP contribution in [0.3, 0.4) is 0 Å². The van der Waals surface area contributed by atoms with Crippen molar-refractivity contribution < 1.29 is 23.1 Å². The summed E-state index contributed by atoms with van der Waals surface area (Å²) < 4.78 is 31.9. The van der Waals surface area contributed by atoms with Crippen LogP contribution in [0.15, 0.2) is 23.1 Å². The summed E-state index contributed by atoms with van der Waals surface area (Å²) in [6.45, 7) is 3.81. The number of nitrogens with one attached hydrogen (secondary N) is 2. The van der Waals surface area contributed by atoms with E-state index in [1.54, 1.807) is 0 Å². The van der Waals surface area contributed by atoms with E-state index in [1.165, 1.54) is 18.2 Å². The Hall–Kier alpha value is -1.35. The van der Waals surface area contributed by atoms with Gasteiger partial charge in [-0.1, -0.05) is 25.4 Å². The summed E-state index contributed by atoms with van der Waals surface area (Å²) in [5.74, 6) is -0.0284. The fourth-order valence-corrected chi connectivity index (χ4v) is 3.05. The molecule has 0 saturated heterocycles. The normalized spacial score (nSPS) is 11.5. The smallest absolute Gasteiger partial charge is 0.258 e. The minimum atomic E-state index is -3.63. The van der Waals surface area contributed by atoms with Crippen molar-refractivity contribution in [1.82, 2.24) is 10.0 Å². The average molecular weight is 365 g/mol. The van der Waals surface area contributed by atoms with Gasteiger partial charge in [0.15, 0.2) is 6.61 Å². The molecule has 1 aromatic carbocycles. The number of amides is 1. The number of halogens is 1. The Balaban J connectivity index is 2.72. The second-order valence-electron chi connectivity index (χ2n) is 5.20. The van der Waals surface area contributed by atoms with Crippen molar-refractivity contribution in [1.29, 1.82) is 0 Å². The van der Waals surface area contributed by atoms with E-state index in [0.717, 1.165) is 0 Å². The van der Waals surface area contributed by atoms with Crippen molar-refractivity contribution >= 4 is 27.5 Å². The summed E-state index contributed by atoms with van der Waals surface area (Å²) in [6, 6.07) is 4.02. The molecule has 23 heavy (non-hydrogen) atoms. The lowest BCUT2D eigenvalue weighted by molar-refractivity contribution is -0.123. The summed E-state index contributed by atoms with van der Waals surface area (Å²) >= 11 is 6.00. The van der Waals surface area contributed by atoms with Crippen molar-refractivity contribution in [2.24, 2.45) is 5.92 Å². The zero-order valence-corrected chi connectivity index (χ0v) is 14.6. The van der Waals surface area contributed by atoms with Gasteiger partial charge >= 0.3 is 0 Å². The first-order valence-corrected chi connectivity index (χ1v) is 8.92. The molecule has 0 aromatic heterocycles. The highest BCUT2D eigenvalue weighted by molar-refractivity contribution is 7.89. The van der Waals surface area contributed by atoms with Crippen LogP contribution in [0.1, 0.15) is 13.8 Å². The molecule has 7 nitrogen and oxygen atoms in total. The molecule has 0 aliphatic rings. The second kappa shape index (κ2) is 9.07. The minimum absolute atomic E-state index is 0.0280. The van der Waals surface area contributed by atoms with Crippen LogP contribution in [0.25, 0.3) is 0 Å². The standard InChI is InChI=1S/C14H21ClN2O5S/c1-10(2)8-17-23(20,21)11-3-4-13(12(15)7-11)22-9-14(19)16-5-6-18/h3-4,7,10,17-18H,5-6,8-9H2,1-2H3,(H,16,19). The molecule has 1 aromatic rings. The van der Waals surface area contributed by atoms with E-state index >= 15 is 0 Å². The van der Waals surface area contributed by atoms with Crippen LogP contribution >= 0.6 is 11.6 Å². The predicted molar refractivity (Wildman–Crippen MR) is 87.1 cm³/mol. The SMILES string of the molecule is CC(C)CNS(=O)(=O)c1ccc(OCC(=O)NCCO)c(Cl)c1. The number of sulfonamides is 1. The molecule has 1 rings (SSSR count). The second-order valence-corrected chi connectivity index (χ2v) is 7.37. The Bertz CT molecular complexity index is 634. The molecule has 0 aliphatic heterocycles. The van der Waals surface area contributed by atoms with Crippen LogP contribution in [-0.2, 0) is 14.8 Å². The topological polar surface area (TPSA) is 105 Å². The molecule has 0 saturated carbocycles. The summed E-state index contributed by atoms with van der Waals surface area (Å²) in [4.78, 5) is 11.4. The maximum Gasteiger partial charge on any atom is 0.258 e. The van der Waals surface area contributed by atoms with Crippen LogP contribution in [0, 0.1) is 5.92 Å². The fraction of sp³-hybridized carbons (Fsp3) is 0.500. The van der Waals surface area contributed by atoms with Gasteiger partial charge in [-0.2, -0.15) is 0 Å². The molecule has 0 heterocycles. The first-order chi connectivity index (χ1) is 10.8. The lowest BCUT2D eigenvalue weighted by atomic mass is 10.2. The van der Waals surface area contributed by atoms with E-state index in [1.807, 2.05) is 13.8 Å². The third-order valence-corrected chi connectivity index (χ3v) is 4.40. The minimum Gasteiger partial charge on any atom is -0.482 e. The maximum absolute atomic E-state index is 12.1. The zero-order chi connectivity index (χ0) is 17.5. The molecule has 9 heteroatoms. The molecule has 0 spiro atoms. The largest absolute Gasteiger partial charge is 0.482 e. The van der Waals surface area contributed by atoms with Crippen molar-refractivity contribution in [3.8, 4) is 5.75 Å². The predicted octanol–water partition coefficient (Wildman–Crippen LogP) is 0.762. The molecule has 0 fully saturated rings. The summed E-state index contributed by atoms with van der Waals surface area (Å²) in [5.41, 5.74) is 0. The number of ether oxygens (including phenoxy) is 1. The van der Waals surface area contributed by atoms with Gasteiger partial charge in [-0.3, -0.25) is 4.79 Å². The highest BCUT2D eigenvalue weighted by Crippen LogP contribution is 2.27. The van der Waals surface area contributed by atoms with Crippen LogP contribution in [0.4, 0.5) is 0 Å². The fourth-order valence-electron chi connectivity index (χ4n) is 1.52. The monoisotopic (exact) mass is 364 g/mol. The van der Waals surface area contributed by atoms with Gasteiger partial charge in [0.05, 0.1) is 16.5 Å². The molecular weight excluding hydrogens is 344 g/mol. The number of carbonyl (C=O) groups is 1. The molecule has 1 amide bonds. The quantitative estimate of drug-likeness (QED) is 0.600. The number of rotatable bonds is 9. The third-order valence-electron chi connectivity index (χ3n) is 2.69. The first kappa shape index (κ1) is 19.7. The Morgan fingerprint density at radius 3 is 2.65 bits per heavy atom. The Morgan fingerprint density at radius 1 is 1.39 bits per heavy atom. The summed E-state index contributed by atoms with van der Waals surface area (Å²) in [7, 11) is -3.63. The molecule has 0 atom stereocenters. The first-order valence-electron chi connectivity index (χ1n) is 7.06. The van der Waals surface area contributed by atoms with Crippen LogP contribution < -0.4 is 14.8 Å². The van der Waals surface area contributed by atoms with E-state index in [-0.39, 0.29) is 41.3 Å². The van der Waals surface area contributed by atoms with Gasteiger partial charge in [0.1, 0.15) is 5.75 Å². The van der Waals surface area contributed by atoms with Crippen molar-refractivity contribution in [2.45, 2.75) is 18.7 Å². The van der Waals surface area contributed by atoms with E-state index in [4.69, 9.17) is 21.4 Å². The molecule has 0 aliphatic carbocycles. The Kier molecular flexibility index (Phi) is 7.77. The number of benzene rings is 1. The van der Waals surface area contributed by atoms with E-state index in [0.29, 0.717) is 6.54 Å². The number of hydrogen-bond donors (Lipinski definition) is 3. The van der Waals surface area contributed by atoms with Crippen molar-refractivity contribution in [2.75, 3.05) is 26.3 Å². The number of aliphatic hydroxyl groups is 1. The Morgan fingerprint density at radius 2 is 2.09 bits per heavy atom. The number of carbonyl (C=O) groups excluding carboxylic acids is 1. The highest BCUT2D eigenvalue weighted by atomic mass is 35.5. The molecule has 0 radical (unpaired) electrons. The van der Waals surface area contributed by atoms with Crippen LogP contribution in [0.2, 0.25) is 5.02 Å². The van der Waals surface area contributed by atoms with Crippen molar-refractivity contribution in [3.05, 3.63) is 23.2 Å². The van der Waals surface area contributed by atoms with Gasteiger partial charge in [0.25, 0.3) is 5.91 Å². The molecule has 0 unspecified atom stereocenters. The third kappa shape index (κ3) is 6.74. The summed E-state index contributed by atoms with van der Waals surface area (Å²) in [6.07, 6.45) is 0. The molecule has 130 valence electrons. The highest BCUT2D eigenvalue weighted by Gasteiger charge is 2.16. The zero-order valence-electron chi connectivity index (χ0n) is 13.0. The van der Waals surface area contributed by atoms with Gasteiger partial charge in [-0.15, -0.1) is 0 Å². The molecule has 3 N–H and O–H groups in total. The molecular formula is C14H21ClN2O5S. The number of aliphatic hydroxyl groups excluding tert-OH is 1. The van der Waals surface area contributed by atoms with Crippen LogP contribution in [0.5, 0.6) is 5.75 Å². The van der Waals surface area contributed by atoms with E-state index in [2.05, 4.69) is 10.0 Å². The van der Waals surface area contributed by atoms with Crippen molar-refractivity contribution in [3.63, 3.8) is 0 Å². The van der Waals surface area contributed by atoms with Gasteiger partial charge in [-0.25, -0.2) is 13.1 Å². The van der Waals surface area contributed by atoms with E-state index < -0.39 is 15.9 Å². The lowest BCUT2D eigenvalue weighted by Gasteiger charge is -2.11. The molecule has 0 bridgehead atoms. The van der Waals surface area contributed by atoms with Gasteiger partial charge in [-0.05, 0) is 24.1 Å². The Labute approximate surface area is 141 Å². The maximum atomic E-state index is 12.1. The lowest BCUT2D eigenvalue weighted by Crippen LogP contribution is -2.31.